The van der Waals surface area contributed by atoms with Crippen molar-refractivity contribution in [2.45, 2.75) is 35.4 Å². The second-order valence-corrected chi connectivity index (χ2v) is 20.8. The van der Waals surface area contributed by atoms with Gasteiger partial charge in [-0.2, -0.15) is 0 Å². The molecule has 0 aromatic heterocycles. The first kappa shape index (κ1) is 27.1. The van der Waals surface area contributed by atoms with Crippen LogP contribution in [0.25, 0.3) is 103 Å². The molecule has 2 heteroatoms. The van der Waals surface area contributed by atoms with Crippen LogP contribution in [0.15, 0.2) is 91.0 Å². The molecule has 4 fully saturated rings. The van der Waals surface area contributed by atoms with Crippen LogP contribution in [-0.4, -0.2) is 13.2 Å². The van der Waals surface area contributed by atoms with E-state index in [0.717, 1.165) is 13.2 Å². The average Bonchev–Trinajstić information content (AvgIpc) is 4.22. The number of allylic oxidation sites excluding steroid dienone is 3. The van der Waals surface area contributed by atoms with Crippen molar-refractivity contribution < 1.29 is 9.47 Å². The van der Waals surface area contributed by atoms with E-state index in [1.807, 2.05) is 5.57 Å². The largest absolute Gasteiger partial charge is 0.368 e. The van der Waals surface area contributed by atoms with Crippen LogP contribution in [0, 0.1) is 29.6 Å². The van der Waals surface area contributed by atoms with Gasteiger partial charge in [-0.25, -0.2) is 0 Å². The zero-order chi connectivity index (χ0) is 36.6. The Morgan fingerprint density at radius 2 is 1.05 bits per heavy atom. The Morgan fingerprint density at radius 3 is 1.78 bits per heavy atom. The molecule has 0 amide bonds. The van der Waals surface area contributed by atoms with Crippen LogP contribution in [0.2, 0.25) is 0 Å². The van der Waals surface area contributed by atoms with E-state index in [0.29, 0.717) is 47.3 Å². The van der Waals surface area contributed by atoms with Gasteiger partial charge in [0.05, 0.1) is 13.2 Å². The van der Waals surface area contributed by atoms with Gasteiger partial charge < -0.3 is 9.47 Å². The molecule has 21 rings (SSSR count). The molecular formula is C57H30O2. The molecule has 10 aliphatic rings. The molecule has 11 aromatic rings. The Hall–Kier alpha value is -5.80. The zero-order valence-electron chi connectivity index (χ0n) is 31.7. The molecule has 2 heterocycles. The number of hydrogen-bond donors (Lipinski definition) is 0. The Kier molecular flexibility index (Phi) is 3.48. The van der Waals surface area contributed by atoms with Crippen LogP contribution in [-0.2, 0) is 14.9 Å². The highest BCUT2D eigenvalue weighted by atomic mass is 16.6. The van der Waals surface area contributed by atoms with E-state index in [1.165, 1.54) is 38.4 Å². The number of epoxide rings is 2. The summed E-state index contributed by atoms with van der Waals surface area (Å²) in [6.45, 7) is 1.69. The minimum Gasteiger partial charge on any atom is -0.368 e. The van der Waals surface area contributed by atoms with Gasteiger partial charge in [0.1, 0.15) is 12.2 Å². The molecular weight excluding hydrogens is 717 g/mol. The fourth-order valence-corrected chi connectivity index (χ4v) is 17.9. The van der Waals surface area contributed by atoms with Gasteiger partial charge in [-0.1, -0.05) is 97.1 Å². The molecule has 0 radical (unpaired) electrons. The quantitative estimate of drug-likeness (QED) is 0.102. The molecule has 270 valence electrons. The van der Waals surface area contributed by atoms with Gasteiger partial charge in [0.25, 0.3) is 0 Å². The third-order valence-corrected chi connectivity index (χ3v) is 19.5. The molecule has 0 spiro atoms. The maximum absolute atomic E-state index is 5.82. The van der Waals surface area contributed by atoms with Crippen molar-refractivity contribution in [3.8, 4) is 0 Å². The van der Waals surface area contributed by atoms with Crippen molar-refractivity contribution in [1.82, 2.24) is 0 Å². The average molecular weight is 747 g/mol. The highest BCUT2D eigenvalue weighted by molar-refractivity contribution is 6.57. The van der Waals surface area contributed by atoms with Crippen LogP contribution < -0.4 is 10.4 Å². The van der Waals surface area contributed by atoms with Crippen LogP contribution in [0.3, 0.4) is 0 Å². The van der Waals surface area contributed by atoms with Crippen LogP contribution in [0.1, 0.15) is 74.5 Å². The highest BCUT2D eigenvalue weighted by Gasteiger charge is 2.73. The van der Waals surface area contributed by atoms with E-state index in [2.05, 4.69) is 97.1 Å². The molecule has 11 aromatic carbocycles. The third kappa shape index (κ3) is 2.24. The van der Waals surface area contributed by atoms with Gasteiger partial charge in [0.2, 0.25) is 0 Å². The van der Waals surface area contributed by atoms with Crippen LogP contribution in [0.4, 0.5) is 0 Å². The number of hydrogen-bond acceptors (Lipinski definition) is 2. The van der Waals surface area contributed by atoms with E-state index in [9.17, 15) is 0 Å². The van der Waals surface area contributed by atoms with E-state index >= 15 is 0 Å². The molecule has 2 saturated carbocycles. The van der Waals surface area contributed by atoms with E-state index < -0.39 is 0 Å². The molecule has 10 atom stereocenters. The van der Waals surface area contributed by atoms with Crippen molar-refractivity contribution in [3.05, 3.63) is 146 Å². The lowest BCUT2D eigenvalue weighted by atomic mass is 9.64. The molecule has 2 saturated heterocycles. The molecule has 2 aliphatic heterocycles. The monoisotopic (exact) mass is 746 g/mol. The molecule has 10 unspecified atom stereocenters. The van der Waals surface area contributed by atoms with Gasteiger partial charge in [0, 0.05) is 35.0 Å². The molecule has 8 aliphatic carbocycles. The molecule has 0 bridgehead atoms. The first-order valence-electron chi connectivity index (χ1n) is 22.5. The topological polar surface area (TPSA) is 25.1 Å². The van der Waals surface area contributed by atoms with Gasteiger partial charge in [-0.05, 0) is 170 Å². The van der Waals surface area contributed by atoms with E-state index in [-0.39, 0.29) is 17.6 Å². The van der Waals surface area contributed by atoms with Gasteiger partial charge in [-0.15, -0.1) is 0 Å². The molecule has 0 N–H and O–H groups in total. The van der Waals surface area contributed by atoms with Crippen LogP contribution >= 0.6 is 0 Å². The first-order valence-corrected chi connectivity index (χ1v) is 22.5. The summed E-state index contributed by atoms with van der Waals surface area (Å²) in [7, 11) is 0. The summed E-state index contributed by atoms with van der Waals surface area (Å²) in [5.74, 6) is 3.93. The predicted molar refractivity (Wildman–Crippen MR) is 235 cm³/mol. The summed E-state index contributed by atoms with van der Waals surface area (Å²) in [6, 6.07) is 29.9. The summed E-state index contributed by atoms with van der Waals surface area (Å²) >= 11 is 0. The van der Waals surface area contributed by atoms with Crippen molar-refractivity contribution in [2.24, 2.45) is 29.6 Å². The maximum atomic E-state index is 5.82. The minimum absolute atomic E-state index is 0.152. The Labute approximate surface area is 335 Å². The Balaban J connectivity index is 1.03. The lowest BCUT2D eigenvalue weighted by Crippen LogP contribution is -2.33. The summed E-state index contributed by atoms with van der Waals surface area (Å²) < 4.78 is 11.6. The Morgan fingerprint density at radius 1 is 0.441 bits per heavy atom. The molecule has 59 heavy (non-hydrogen) atoms. The lowest BCUT2D eigenvalue weighted by molar-refractivity contribution is 0.344. The van der Waals surface area contributed by atoms with Crippen molar-refractivity contribution in [1.29, 1.82) is 0 Å². The summed E-state index contributed by atoms with van der Waals surface area (Å²) in [4.78, 5) is 0. The summed E-state index contributed by atoms with van der Waals surface area (Å²) in [6.07, 6.45) is 11.3. The van der Waals surface area contributed by atoms with Crippen molar-refractivity contribution in [2.75, 3.05) is 13.2 Å². The van der Waals surface area contributed by atoms with Crippen molar-refractivity contribution >= 4 is 103 Å². The fraction of sp³-hybridized carbons (Fsp3) is 0.228. The smallest absolute Gasteiger partial charge is 0.106 e. The summed E-state index contributed by atoms with van der Waals surface area (Å²) in [5.41, 5.74) is 15.8. The van der Waals surface area contributed by atoms with Gasteiger partial charge in [-0.3, -0.25) is 0 Å². The molecule has 2 nitrogen and oxygen atoms in total. The van der Waals surface area contributed by atoms with Crippen LogP contribution in [0.5, 0.6) is 0 Å². The number of benzene rings is 7. The van der Waals surface area contributed by atoms with E-state index in [1.54, 1.807) is 108 Å². The van der Waals surface area contributed by atoms with Crippen molar-refractivity contribution in [3.63, 3.8) is 0 Å². The normalized spacial score (nSPS) is 35.1. The van der Waals surface area contributed by atoms with Gasteiger partial charge >= 0.3 is 0 Å². The number of fused-ring (bicyclic) bond motifs is 8. The number of rotatable bonds is 4. The third-order valence-electron chi connectivity index (χ3n) is 19.5. The second-order valence-electron chi connectivity index (χ2n) is 20.8. The zero-order valence-corrected chi connectivity index (χ0v) is 31.7. The highest BCUT2D eigenvalue weighted by Crippen LogP contribution is 2.80. The number of ether oxygens (including phenoxy) is 2. The van der Waals surface area contributed by atoms with E-state index in [4.69, 9.17) is 9.47 Å². The Bertz CT molecular complexity index is 4120. The lowest BCUT2D eigenvalue weighted by Gasteiger charge is -2.38. The summed E-state index contributed by atoms with van der Waals surface area (Å²) in [5, 5.41) is 29.0. The SMILES string of the molecule is C1=CC2C3C4=c5c6c7c8c9c(c%10ccc%11c%12ccc%13c1c3c1c5c3c6c9c%10c%11c3c%12c%131)C1C(C=8C3C=CC2C4C73)C1(c1ccc(C2CO2)cc1)c1ccc(C2CO2)cc1. The minimum atomic E-state index is -0.152. The second kappa shape index (κ2) is 7.60. The maximum Gasteiger partial charge on any atom is 0.106 e. The van der Waals surface area contributed by atoms with Gasteiger partial charge in [0.15, 0.2) is 0 Å². The standard InChI is InChI=1S/C57H30O2/c1-5-21(6-2-19(1)31-17-58-31)57(22-7-3-20(4-8-22)32-18-59-32)55-41-29-15-13-27-25-11-9-23-24-10-12-26-28-14-16-30-40-38(28)45-36(26)34(24)43-33(23)35(25)44-37(27)39(29)46-48(41)49(42(30)56(55)57)47(40)54-52(45)50(43)51(44)53(46)54/h1-16,25,27,29,31-32,35,37,39,55-56H,17-18H2. The fourth-order valence-electron chi connectivity index (χ4n) is 17.9. The first-order chi connectivity index (χ1) is 29.3. The predicted octanol–water partition coefficient (Wildman–Crippen LogP) is 11.0.